The van der Waals surface area contributed by atoms with Crippen molar-refractivity contribution in [3.8, 4) is 0 Å². The third kappa shape index (κ3) is 3.72. The van der Waals surface area contributed by atoms with Crippen molar-refractivity contribution in [2.45, 2.75) is 53.0 Å². The summed E-state index contributed by atoms with van der Waals surface area (Å²) < 4.78 is 0. The normalized spacial score (nSPS) is 12.2. The predicted octanol–water partition coefficient (Wildman–Crippen LogP) is 4.20. The zero-order valence-corrected chi connectivity index (χ0v) is 11.6. The van der Waals surface area contributed by atoms with Crippen LogP contribution >= 0.6 is 0 Å². The first kappa shape index (κ1) is 14.5. The van der Waals surface area contributed by atoms with Gasteiger partial charge < -0.3 is 5.32 Å². The fourth-order valence-corrected chi connectivity index (χ4v) is 2.00. The molecule has 18 heavy (non-hydrogen) atoms. The first-order valence-corrected chi connectivity index (χ1v) is 6.47. The van der Waals surface area contributed by atoms with E-state index >= 15 is 0 Å². The Bertz CT molecular complexity index is 430. The van der Waals surface area contributed by atoms with Gasteiger partial charge >= 0.3 is 0 Å². The van der Waals surface area contributed by atoms with E-state index in [4.69, 9.17) is 0 Å². The molecule has 0 aromatic heterocycles. The average molecular weight is 250 g/mol. The van der Waals surface area contributed by atoms with E-state index in [-0.39, 0.29) is 10.6 Å². The van der Waals surface area contributed by atoms with Gasteiger partial charge in [-0.15, -0.1) is 0 Å². The van der Waals surface area contributed by atoms with Crippen LogP contribution in [0.25, 0.3) is 0 Å². The molecule has 1 unspecified atom stereocenters. The summed E-state index contributed by atoms with van der Waals surface area (Å²) in [5.74, 6) is 0. The molecule has 1 atom stereocenters. The van der Waals surface area contributed by atoms with Crippen LogP contribution in [0.1, 0.15) is 44.2 Å². The minimum atomic E-state index is -0.327. The Morgan fingerprint density at radius 2 is 2.00 bits per heavy atom. The highest BCUT2D eigenvalue weighted by Crippen LogP contribution is 2.26. The number of nitro benzene ring substituents is 1. The molecule has 0 fully saturated rings. The topological polar surface area (TPSA) is 55.2 Å². The number of nitrogens with zero attached hydrogens (tertiary/aromatic N) is 1. The van der Waals surface area contributed by atoms with Crippen molar-refractivity contribution in [2.24, 2.45) is 0 Å². The van der Waals surface area contributed by atoms with Crippen LogP contribution in [0.2, 0.25) is 0 Å². The van der Waals surface area contributed by atoms with Gasteiger partial charge in [-0.1, -0.05) is 19.8 Å². The van der Waals surface area contributed by atoms with Crippen molar-refractivity contribution >= 4 is 11.4 Å². The van der Waals surface area contributed by atoms with Crippen LogP contribution in [0.15, 0.2) is 12.1 Å². The molecular formula is C14H22N2O2. The molecule has 0 saturated carbocycles. The molecule has 0 radical (unpaired) electrons. The van der Waals surface area contributed by atoms with Crippen LogP contribution in [-0.4, -0.2) is 11.0 Å². The molecule has 0 aliphatic carbocycles. The molecule has 4 heteroatoms. The van der Waals surface area contributed by atoms with Gasteiger partial charge in [0.1, 0.15) is 0 Å². The molecule has 0 spiro atoms. The Morgan fingerprint density at radius 1 is 1.33 bits per heavy atom. The van der Waals surface area contributed by atoms with Gasteiger partial charge in [-0.25, -0.2) is 0 Å². The lowest BCUT2D eigenvalue weighted by molar-refractivity contribution is -0.385. The van der Waals surface area contributed by atoms with E-state index in [1.807, 2.05) is 13.0 Å². The number of nitrogens with one attached hydrogen (secondary N) is 1. The zero-order chi connectivity index (χ0) is 13.7. The van der Waals surface area contributed by atoms with Gasteiger partial charge in [-0.05, 0) is 38.8 Å². The van der Waals surface area contributed by atoms with Crippen molar-refractivity contribution < 1.29 is 4.92 Å². The van der Waals surface area contributed by atoms with Crippen LogP contribution < -0.4 is 5.32 Å². The Labute approximate surface area is 109 Å². The lowest BCUT2D eigenvalue weighted by Gasteiger charge is -2.17. The maximum atomic E-state index is 10.8. The van der Waals surface area contributed by atoms with E-state index < -0.39 is 0 Å². The summed E-state index contributed by atoms with van der Waals surface area (Å²) in [5, 5.41) is 14.3. The molecule has 1 rings (SSSR count). The van der Waals surface area contributed by atoms with Gasteiger partial charge in [0.15, 0.2) is 0 Å². The average Bonchev–Trinajstić information content (AvgIpc) is 2.30. The first-order valence-electron chi connectivity index (χ1n) is 6.47. The number of benzene rings is 1. The number of hydrogen-bond acceptors (Lipinski definition) is 3. The Hall–Kier alpha value is -1.58. The molecular weight excluding hydrogens is 228 g/mol. The summed E-state index contributed by atoms with van der Waals surface area (Å²) in [6.07, 6.45) is 3.50. The van der Waals surface area contributed by atoms with E-state index in [2.05, 4.69) is 19.2 Å². The maximum absolute atomic E-state index is 10.8. The van der Waals surface area contributed by atoms with Gasteiger partial charge in [0.25, 0.3) is 5.69 Å². The van der Waals surface area contributed by atoms with Crippen LogP contribution in [-0.2, 0) is 0 Å². The quantitative estimate of drug-likeness (QED) is 0.608. The fraction of sp³-hybridized carbons (Fsp3) is 0.571. The molecule has 0 saturated heterocycles. The summed E-state index contributed by atoms with van der Waals surface area (Å²) in [7, 11) is 0. The molecule has 1 N–H and O–H groups in total. The van der Waals surface area contributed by atoms with Crippen LogP contribution in [0.5, 0.6) is 0 Å². The second-order valence-corrected chi connectivity index (χ2v) is 4.90. The van der Waals surface area contributed by atoms with Gasteiger partial charge in [0, 0.05) is 23.4 Å². The lowest BCUT2D eigenvalue weighted by atomic mass is 10.1. The standard InChI is InChI=1S/C14H22N2O2/c1-5-6-7-12(4)15-13-8-11(3)14(16(17)18)9-10(13)2/h8-9,12,15H,5-7H2,1-4H3. The summed E-state index contributed by atoms with van der Waals surface area (Å²) in [4.78, 5) is 10.5. The molecule has 1 aromatic carbocycles. The molecule has 0 aliphatic heterocycles. The second-order valence-electron chi connectivity index (χ2n) is 4.90. The number of unbranched alkanes of at least 4 members (excludes halogenated alkanes) is 1. The summed E-state index contributed by atoms with van der Waals surface area (Å²) in [5.41, 5.74) is 2.83. The Morgan fingerprint density at radius 3 is 2.56 bits per heavy atom. The highest BCUT2D eigenvalue weighted by Gasteiger charge is 2.14. The van der Waals surface area contributed by atoms with Crippen molar-refractivity contribution in [1.29, 1.82) is 0 Å². The first-order chi connectivity index (χ1) is 8.45. The van der Waals surface area contributed by atoms with Crippen LogP contribution in [0, 0.1) is 24.0 Å². The summed E-state index contributed by atoms with van der Waals surface area (Å²) >= 11 is 0. The zero-order valence-electron chi connectivity index (χ0n) is 11.6. The number of hydrogen-bond donors (Lipinski definition) is 1. The highest BCUT2D eigenvalue weighted by molar-refractivity contribution is 5.59. The van der Waals surface area contributed by atoms with Crippen LogP contribution in [0.3, 0.4) is 0 Å². The van der Waals surface area contributed by atoms with Gasteiger partial charge in [0.05, 0.1) is 4.92 Å². The third-order valence-corrected chi connectivity index (χ3v) is 3.13. The predicted molar refractivity (Wildman–Crippen MR) is 75.2 cm³/mol. The van der Waals surface area contributed by atoms with Crippen molar-refractivity contribution in [1.82, 2.24) is 0 Å². The minimum absolute atomic E-state index is 0.194. The van der Waals surface area contributed by atoms with E-state index in [9.17, 15) is 10.1 Å². The van der Waals surface area contributed by atoms with Crippen molar-refractivity contribution in [3.63, 3.8) is 0 Å². The summed E-state index contributed by atoms with van der Waals surface area (Å²) in [6.45, 7) is 8.00. The van der Waals surface area contributed by atoms with Gasteiger partial charge in [-0.3, -0.25) is 10.1 Å². The van der Waals surface area contributed by atoms with Crippen molar-refractivity contribution in [2.75, 3.05) is 5.32 Å². The number of aryl methyl sites for hydroxylation is 2. The highest BCUT2D eigenvalue weighted by atomic mass is 16.6. The third-order valence-electron chi connectivity index (χ3n) is 3.13. The Balaban J connectivity index is 2.84. The van der Waals surface area contributed by atoms with Crippen molar-refractivity contribution in [3.05, 3.63) is 33.4 Å². The SMILES string of the molecule is CCCCC(C)Nc1cc(C)c([N+](=O)[O-])cc1C. The smallest absolute Gasteiger partial charge is 0.272 e. The molecule has 0 aliphatic rings. The molecule has 100 valence electrons. The molecule has 1 aromatic rings. The lowest BCUT2D eigenvalue weighted by Crippen LogP contribution is -2.15. The summed E-state index contributed by atoms with van der Waals surface area (Å²) in [6, 6.07) is 3.91. The van der Waals surface area contributed by atoms with Gasteiger partial charge in [-0.2, -0.15) is 0 Å². The van der Waals surface area contributed by atoms with E-state index in [0.29, 0.717) is 11.6 Å². The van der Waals surface area contributed by atoms with E-state index in [1.165, 1.54) is 12.8 Å². The molecule has 4 nitrogen and oxygen atoms in total. The largest absolute Gasteiger partial charge is 0.382 e. The van der Waals surface area contributed by atoms with Gasteiger partial charge in [0.2, 0.25) is 0 Å². The molecule has 0 bridgehead atoms. The maximum Gasteiger partial charge on any atom is 0.272 e. The number of nitro groups is 1. The van der Waals surface area contributed by atoms with E-state index in [0.717, 1.165) is 17.7 Å². The fourth-order valence-electron chi connectivity index (χ4n) is 2.00. The second kappa shape index (κ2) is 6.38. The monoisotopic (exact) mass is 250 g/mol. The number of anilines is 1. The molecule has 0 amide bonds. The van der Waals surface area contributed by atoms with Crippen LogP contribution in [0.4, 0.5) is 11.4 Å². The Kier molecular flexibility index (Phi) is 5.13. The van der Waals surface area contributed by atoms with E-state index in [1.54, 1.807) is 13.0 Å². The minimum Gasteiger partial charge on any atom is -0.382 e. The molecule has 0 heterocycles. The number of rotatable bonds is 6.